The number of hydrogen-bond donors (Lipinski definition) is 2. The predicted molar refractivity (Wildman–Crippen MR) is 75.2 cm³/mol. The minimum atomic E-state index is -0.0519. The highest BCUT2D eigenvalue weighted by Gasteiger charge is 2.21. The van der Waals surface area contributed by atoms with E-state index in [1.54, 1.807) is 0 Å². The van der Waals surface area contributed by atoms with E-state index in [1.165, 1.54) is 25.9 Å². The number of nitrogens with zero attached hydrogens (tertiary/aromatic N) is 1. The third kappa shape index (κ3) is 4.94. The number of nitrogens with two attached hydrogens (primary N) is 1. The second kappa shape index (κ2) is 7.74. The topological polar surface area (TPSA) is 58.4 Å². The lowest BCUT2D eigenvalue weighted by atomic mass is 9.95. The molecule has 1 rings (SSSR count). The van der Waals surface area contributed by atoms with E-state index in [4.69, 9.17) is 5.73 Å². The highest BCUT2D eigenvalue weighted by Crippen LogP contribution is 2.11. The molecule has 1 aliphatic rings. The van der Waals surface area contributed by atoms with Gasteiger partial charge in [-0.05, 0) is 37.8 Å². The Morgan fingerprint density at radius 1 is 1.28 bits per heavy atom. The normalized spacial score (nSPS) is 20.1. The van der Waals surface area contributed by atoms with Crippen LogP contribution in [0, 0.1) is 17.8 Å². The van der Waals surface area contributed by atoms with Gasteiger partial charge >= 0.3 is 0 Å². The molecule has 0 aliphatic carbocycles. The Kier molecular flexibility index (Phi) is 6.65. The van der Waals surface area contributed by atoms with E-state index in [-0.39, 0.29) is 11.8 Å². The van der Waals surface area contributed by atoms with Gasteiger partial charge in [-0.1, -0.05) is 20.8 Å². The Balaban J connectivity index is 2.23. The molecule has 0 spiro atoms. The van der Waals surface area contributed by atoms with Crippen LogP contribution in [-0.2, 0) is 4.79 Å². The first-order valence-corrected chi connectivity index (χ1v) is 7.24. The first-order valence-electron chi connectivity index (χ1n) is 7.24. The molecular formula is C14H29N3O. The quantitative estimate of drug-likeness (QED) is 0.715. The number of carbonyl (C=O) groups excluding carboxylic acids is 1. The van der Waals surface area contributed by atoms with Crippen LogP contribution in [0.1, 0.15) is 33.6 Å². The van der Waals surface area contributed by atoms with Crippen molar-refractivity contribution in [1.82, 2.24) is 10.2 Å². The Morgan fingerprint density at radius 2 is 1.89 bits per heavy atom. The molecule has 0 aromatic rings. The van der Waals surface area contributed by atoms with E-state index in [2.05, 4.69) is 17.1 Å². The van der Waals surface area contributed by atoms with E-state index in [9.17, 15) is 4.79 Å². The summed E-state index contributed by atoms with van der Waals surface area (Å²) in [5, 5.41) is 3.04. The smallest absolute Gasteiger partial charge is 0.224 e. The molecule has 2 atom stereocenters. The molecule has 1 aliphatic heterocycles. The second-order valence-electron chi connectivity index (χ2n) is 5.94. The zero-order valence-corrected chi connectivity index (χ0v) is 12.1. The third-order valence-corrected chi connectivity index (χ3v) is 3.79. The van der Waals surface area contributed by atoms with Gasteiger partial charge in [0.1, 0.15) is 0 Å². The largest absolute Gasteiger partial charge is 0.355 e. The summed E-state index contributed by atoms with van der Waals surface area (Å²) in [5.74, 6) is 0.881. The van der Waals surface area contributed by atoms with Gasteiger partial charge in [-0.15, -0.1) is 0 Å². The van der Waals surface area contributed by atoms with Gasteiger partial charge in [-0.2, -0.15) is 0 Å². The number of nitrogens with one attached hydrogen (secondary N) is 1. The van der Waals surface area contributed by atoms with Crippen LogP contribution in [0.4, 0.5) is 0 Å². The molecule has 4 nitrogen and oxygen atoms in total. The first-order chi connectivity index (χ1) is 8.54. The fraction of sp³-hybridized carbons (Fsp3) is 0.929. The van der Waals surface area contributed by atoms with Crippen LogP contribution in [0.25, 0.3) is 0 Å². The van der Waals surface area contributed by atoms with Crippen LogP contribution in [0.3, 0.4) is 0 Å². The lowest BCUT2D eigenvalue weighted by Gasteiger charge is -2.23. The summed E-state index contributed by atoms with van der Waals surface area (Å²) in [6, 6.07) is 0. The number of likely N-dealkylation sites (tertiary alicyclic amines) is 1. The monoisotopic (exact) mass is 255 g/mol. The van der Waals surface area contributed by atoms with Gasteiger partial charge in [0, 0.05) is 19.6 Å². The molecule has 0 aromatic carbocycles. The van der Waals surface area contributed by atoms with Crippen molar-refractivity contribution in [3.8, 4) is 0 Å². The van der Waals surface area contributed by atoms with Crippen molar-refractivity contribution in [1.29, 1.82) is 0 Å². The van der Waals surface area contributed by atoms with E-state index in [0.29, 0.717) is 18.4 Å². The van der Waals surface area contributed by atoms with Crippen LogP contribution < -0.4 is 11.1 Å². The lowest BCUT2D eigenvalue weighted by Crippen LogP contribution is -2.41. The minimum Gasteiger partial charge on any atom is -0.355 e. The predicted octanol–water partition coefficient (Wildman–Crippen LogP) is 1.07. The average Bonchev–Trinajstić information content (AvgIpc) is 2.79. The van der Waals surface area contributed by atoms with Crippen LogP contribution >= 0.6 is 0 Å². The molecular weight excluding hydrogens is 226 g/mol. The number of carbonyl (C=O) groups is 1. The van der Waals surface area contributed by atoms with Gasteiger partial charge in [-0.3, -0.25) is 4.79 Å². The fourth-order valence-electron chi connectivity index (χ4n) is 2.56. The SMILES string of the molecule is CC(CNC(=O)C(CN)C(C)C)CN1CCCC1. The zero-order valence-electron chi connectivity index (χ0n) is 12.1. The zero-order chi connectivity index (χ0) is 13.5. The van der Waals surface area contributed by atoms with E-state index in [0.717, 1.165) is 13.1 Å². The third-order valence-electron chi connectivity index (χ3n) is 3.79. The summed E-state index contributed by atoms with van der Waals surface area (Å²) in [6.07, 6.45) is 2.64. The van der Waals surface area contributed by atoms with Crippen LogP contribution in [-0.4, -0.2) is 43.5 Å². The fourth-order valence-corrected chi connectivity index (χ4v) is 2.56. The molecule has 4 heteroatoms. The number of amides is 1. The highest BCUT2D eigenvalue weighted by atomic mass is 16.1. The molecule has 106 valence electrons. The molecule has 2 unspecified atom stereocenters. The van der Waals surface area contributed by atoms with E-state index < -0.39 is 0 Å². The Hall–Kier alpha value is -0.610. The first kappa shape index (κ1) is 15.4. The van der Waals surface area contributed by atoms with Crippen molar-refractivity contribution in [2.75, 3.05) is 32.7 Å². The van der Waals surface area contributed by atoms with Gasteiger partial charge in [0.2, 0.25) is 5.91 Å². The maximum atomic E-state index is 12.0. The van der Waals surface area contributed by atoms with Crippen molar-refractivity contribution in [3.05, 3.63) is 0 Å². The van der Waals surface area contributed by atoms with E-state index >= 15 is 0 Å². The summed E-state index contributed by atoms with van der Waals surface area (Å²) in [6.45, 7) is 11.0. The van der Waals surface area contributed by atoms with Gasteiger partial charge in [-0.25, -0.2) is 0 Å². The van der Waals surface area contributed by atoms with Gasteiger partial charge in [0.15, 0.2) is 0 Å². The highest BCUT2D eigenvalue weighted by molar-refractivity contribution is 5.79. The average molecular weight is 255 g/mol. The van der Waals surface area contributed by atoms with Crippen LogP contribution in [0.5, 0.6) is 0 Å². The number of rotatable bonds is 7. The second-order valence-corrected chi connectivity index (χ2v) is 5.94. The van der Waals surface area contributed by atoms with Crippen molar-refractivity contribution in [2.45, 2.75) is 33.6 Å². The standard InChI is InChI=1S/C14H29N3O/c1-11(2)13(8-15)14(18)16-9-12(3)10-17-6-4-5-7-17/h11-13H,4-10,15H2,1-3H3,(H,16,18). The molecule has 1 heterocycles. The maximum absolute atomic E-state index is 12.0. The maximum Gasteiger partial charge on any atom is 0.224 e. The van der Waals surface area contributed by atoms with Gasteiger partial charge < -0.3 is 16.0 Å². The van der Waals surface area contributed by atoms with Crippen molar-refractivity contribution in [3.63, 3.8) is 0 Å². The van der Waals surface area contributed by atoms with Crippen molar-refractivity contribution < 1.29 is 4.79 Å². The van der Waals surface area contributed by atoms with Gasteiger partial charge in [0.05, 0.1) is 5.92 Å². The minimum absolute atomic E-state index is 0.0519. The molecule has 18 heavy (non-hydrogen) atoms. The summed E-state index contributed by atoms with van der Waals surface area (Å²) >= 11 is 0. The van der Waals surface area contributed by atoms with Crippen LogP contribution in [0.2, 0.25) is 0 Å². The summed E-state index contributed by atoms with van der Waals surface area (Å²) in [5.41, 5.74) is 5.64. The summed E-state index contributed by atoms with van der Waals surface area (Å²) in [4.78, 5) is 14.4. The van der Waals surface area contributed by atoms with Crippen molar-refractivity contribution >= 4 is 5.91 Å². The molecule has 0 radical (unpaired) electrons. The summed E-state index contributed by atoms with van der Waals surface area (Å²) in [7, 11) is 0. The molecule has 3 N–H and O–H groups in total. The van der Waals surface area contributed by atoms with Crippen molar-refractivity contribution in [2.24, 2.45) is 23.5 Å². The molecule has 1 fully saturated rings. The Labute approximate surface area is 111 Å². The van der Waals surface area contributed by atoms with E-state index in [1.807, 2.05) is 13.8 Å². The Morgan fingerprint density at radius 3 is 2.39 bits per heavy atom. The molecule has 1 amide bonds. The lowest BCUT2D eigenvalue weighted by molar-refractivity contribution is -0.126. The molecule has 0 saturated carbocycles. The van der Waals surface area contributed by atoms with Gasteiger partial charge in [0.25, 0.3) is 0 Å². The molecule has 1 saturated heterocycles. The molecule has 0 aromatic heterocycles. The Bertz CT molecular complexity index is 249. The molecule has 0 bridgehead atoms. The van der Waals surface area contributed by atoms with Crippen LogP contribution in [0.15, 0.2) is 0 Å². The summed E-state index contributed by atoms with van der Waals surface area (Å²) < 4.78 is 0. The number of hydrogen-bond acceptors (Lipinski definition) is 3.